The van der Waals surface area contributed by atoms with Crippen molar-refractivity contribution in [2.45, 2.75) is 26.3 Å². The van der Waals surface area contributed by atoms with E-state index in [1.807, 2.05) is 32.4 Å². The summed E-state index contributed by atoms with van der Waals surface area (Å²) in [5, 5.41) is 3.46. The number of rotatable bonds is 8. The molecule has 0 fully saturated rings. The minimum atomic E-state index is 0.337. The van der Waals surface area contributed by atoms with Gasteiger partial charge in [-0.05, 0) is 45.6 Å². The van der Waals surface area contributed by atoms with Crippen molar-refractivity contribution in [2.75, 3.05) is 33.8 Å². The average Bonchev–Trinajstić information content (AvgIpc) is 2.36. The number of likely N-dealkylation sites (N-methyl/N-ethyl adjacent to an activating group) is 1. The molecular weight excluding hydrogens is 226 g/mol. The standard InChI is InChI=1S/C14H25N3O/c1-5-7-15-12(2)13-6-8-16-14(11-13)18-10-9-17(3)4/h6,8,11-12,15H,5,7,9-10H2,1-4H3. The fraction of sp³-hybridized carbons (Fsp3) is 0.643. The van der Waals surface area contributed by atoms with Crippen LogP contribution >= 0.6 is 0 Å². The van der Waals surface area contributed by atoms with Crippen LogP contribution in [0.5, 0.6) is 5.88 Å². The van der Waals surface area contributed by atoms with Crippen LogP contribution in [-0.4, -0.2) is 43.7 Å². The highest BCUT2D eigenvalue weighted by atomic mass is 16.5. The van der Waals surface area contributed by atoms with Crippen molar-refractivity contribution < 1.29 is 4.74 Å². The van der Waals surface area contributed by atoms with Gasteiger partial charge in [0.25, 0.3) is 0 Å². The quantitative estimate of drug-likeness (QED) is 0.767. The van der Waals surface area contributed by atoms with Gasteiger partial charge in [-0.2, -0.15) is 0 Å². The summed E-state index contributed by atoms with van der Waals surface area (Å²) in [7, 11) is 4.06. The third kappa shape index (κ3) is 5.47. The highest BCUT2D eigenvalue weighted by molar-refractivity contribution is 5.23. The molecule has 1 aromatic rings. The van der Waals surface area contributed by atoms with Gasteiger partial charge < -0.3 is 15.0 Å². The first-order valence-electron chi connectivity index (χ1n) is 6.60. The van der Waals surface area contributed by atoms with E-state index in [1.165, 1.54) is 5.56 Å². The summed E-state index contributed by atoms with van der Waals surface area (Å²) in [4.78, 5) is 6.32. The van der Waals surface area contributed by atoms with Crippen molar-refractivity contribution in [1.29, 1.82) is 0 Å². The van der Waals surface area contributed by atoms with Crippen molar-refractivity contribution in [3.05, 3.63) is 23.9 Å². The zero-order chi connectivity index (χ0) is 13.4. The number of hydrogen-bond acceptors (Lipinski definition) is 4. The Bertz CT molecular complexity index is 342. The molecule has 4 heteroatoms. The molecule has 1 heterocycles. The fourth-order valence-electron chi connectivity index (χ4n) is 1.58. The highest BCUT2D eigenvalue weighted by Crippen LogP contribution is 2.16. The van der Waals surface area contributed by atoms with E-state index in [1.54, 1.807) is 0 Å². The normalized spacial score (nSPS) is 12.7. The molecule has 1 atom stereocenters. The summed E-state index contributed by atoms with van der Waals surface area (Å²) in [6.07, 6.45) is 2.95. The average molecular weight is 251 g/mol. The van der Waals surface area contributed by atoms with Crippen LogP contribution < -0.4 is 10.1 Å². The Hall–Kier alpha value is -1.13. The molecule has 0 aromatic carbocycles. The van der Waals surface area contributed by atoms with Crippen LogP contribution in [0.1, 0.15) is 31.9 Å². The van der Waals surface area contributed by atoms with Crippen LogP contribution in [0, 0.1) is 0 Å². The molecule has 4 nitrogen and oxygen atoms in total. The molecule has 0 saturated heterocycles. The topological polar surface area (TPSA) is 37.4 Å². The van der Waals surface area contributed by atoms with E-state index in [2.05, 4.69) is 29.0 Å². The second-order valence-corrected chi connectivity index (χ2v) is 4.75. The molecule has 0 radical (unpaired) electrons. The van der Waals surface area contributed by atoms with Crippen LogP contribution in [0.15, 0.2) is 18.3 Å². The van der Waals surface area contributed by atoms with Crippen molar-refractivity contribution in [3.63, 3.8) is 0 Å². The highest BCUT2D eigenvalue weighted by Gasteiger charge is 2.06. The molecule has 0 amide bonds. The summed E-state index contributed by atoms with van der Waals surface area (Å²) in [5.41, 5.74) is 1.22. The molecule has 1 aromatic heterocycles. The lowest BCUT2D eigenvalue weighted by Gasteiger charge is -2.15. The summed E-state index contributed by atoms with van der Waals surface area (Å²) in [6, 6.07) is 4.39. The van der Waals surface area contributed by atoms with E-state index in [0.29, 0.717) is 18.5 Å². The molecule has 1 rings (SSSR count). The minimum absolute atomic E-state index is 0.337. The third-order valence-corrected chi connectivity index (χ3v) is 2.75. The molecule has 1 unspecified atom stereocenters. The maximum atomic E-state index is 5.63. The lowest BCUT2D eigenvalue weighted by atomic mass is 10.1. The zero-order valence-electron chi connectivity index (χ0n) is 11.9. The molecule has 0 aliphatic carbocycles. The van der Waals surface area contributed by atoms with Crippen molar-refractivity contribution in [1.82, 2.24) is 15.2 Å². The van der Waals surface area contributed by atoms with E-state index >= 15 is 0 Å². The van der Waals surface area contributed by atoms with Crippen LogP contribution in [0.4, 0.5) is 0 Å². The predicted molar refractivity (Wildman–Crippen MR) is 75.0 cm³/mol. The molecule has 0 saturated carbocycles. The summed E-state index contributed by atoms with van der Waals surface area (Å²) in [6.45, 7) is 6.92. The SMILES string of the molecule is CCCNC(C)c1ccnc(OCCN(C)C)c1. The van der Waals surface area contributed by atoms with Gasteiger partial charge in [-0.1, -0.05) is 6.92 Å². The van der Waals surface area contributed by atoms with Crippen molar-refractivity contribution in [3.8, 4) is 5.88 Å². The van der Waals surface area contributed by atoms with Gasteiger partial charge in [-0.25, -0.2) is 4.98 Å². The van der Waals surface area contributed by atoms with Crippen molar-refractivity contribution >= 4 is 0 Å². The van der Waals surface area contributed by atoms with Crippen LogP contribution in [0.2, 0.25) is 0 Å². The summed E-state index contributed by atoms with van der Waals surface area (Å²) < 4.78 is 5.63. The monoisotopic (exact) mass is 251 g/mol. The molecule has 102 valence electrons. The first-order valence-corrected chi connectivity index (χ1v) is 6.60. The van der Waals surface area contributed by atoms with Gasteiger partial charge in [0.15, 0.2) is 0 Å². The van der Waals surface area contributed by atoms with Gasteiger partial charge >= 0.3 is 0 Å². The number of aromatic nitrogens is 1. The first kappa shape index (κ1) is 14.9. The van der Waals surface area contributed by atoms with Gasteiger partial charge in [-0.3, -0.25) is 0 Å². The molecule has 0 bridgehead atoms. The Balaban J connectivity index is 2.50. The predicted octanol–water partition coefficient (Wildman–Crippen LogP) is 2.08. The largest absolute Gasteiger partial charge is 0.476 e. The number of ether oxygens (including phenoxy) is 1. The Morgan fingerprint density at radius 1 is 1.44 bits per heavy atom. The fourth-order valence-corrected chi connectivity index (χ4v) is 1.58. The van der Waals surface area contributed by atoms with Crippen LogP contribution in [-0.2, 0) is 0 Å². The Morgan fingerprint density at radius 2 is 2.22 bits per heavy atom. The summed E-state index contributed by atoms with van der Waals surface area (Å²) >= 11 is 0. The Labute approximate surface area is 110 Å². The molecule has 1 N–H and O–H groups in total. The smallest absolute Gasteiger partial charge is 0.213 e. The number of nitrogens with one attached hydrogen (secondary N) is 1. The first-order chi connectivity index (χ1) is 8.63. The zero-order valence-corrected chi connectivity index (χ0v) is 11.9. The van der Waals surface area contributed by atoms with Gasteiger partial charge in [0.1, 0.15) is 6.61 Å². The second kappa shape index (κ2) is 8.06. The van der Waals surface area contributed by atoms with Gasteiger partial charge in [0.05, 0.1) is 0 Å². The van der Waals surface area contributed by atoms with E-state index < -0.39 is 0 Å². The van der Waals surface area contributed by atoms with Gasteiger partial charge in [-0.15, -0.1) is 0 Å². The lowest BCUT2D eigenvalue weighted by molar-refractivity contribution is 0.253. The van der Waals surface area contributed by atoms with Crippen molar-refractivity contribution in [2.24, 2.45) is 0 Å². The molecule has 0 aliphatic heterocycles. The van der Waals surface area contributed by atoms with E-state index in [9.17, 15) is 0 Å². The Morgan fingerprint density at radius 3 is 2.89 bits per heavy atom. The van der Waals surface area contributed by atoms with E-state index in [-0.39, 0.29) is 0 Å². The number of hydrogen-bond donors (Lipinski definition) is 1. The maximum absolute atomic E-state index is 5.63. The molecule has 18 heavy (non-hydrogen) atoms. The Kier molecular flexibility index (Phi) is 6.68. The van der Waals surface area contributed by atoms with E-state index in [0.717, 1.165) is 19.5 Å². The van der Waals surface area contributed by atoms with Crippen LogP contribution in [0.3, 0.4) is 0 Å². The lowest BCUT2D eigenvalue weighted by Crippen LogP contribution is -2.20. The second-order valence-electron chi connectivity index (χ2n) is 4.75. The van der Waals surface area contributed by atoms with Crippen LogP contribution in [0.25, 0.3) is 0 Å². The number of pyridine rings is 1. The third-order valence-electron chi connectivity index (χ3n) is 2.75. The maximum Gasteiger partial charge on any atom is 0.213 e. The van der Waals surface area contributed by atoms with Gasteiger partial charge in [0, 0.05) is 24.8 Å². The minimum Gasteiger partial charge on any atom is -0.476 e. The molecule has 0 aliphatic rings. The van der Waals surface area contributed by atoms with E-state index in [4.69, 9.17) is 4.74 Å². The molecular formula is C14H25N3O. The molecule has 0 spiro atoms. The van der Waals surface area contributed by atoms with Gasteiger partial charge in [0.2, 0.25) is 5.88 Å². The summed E-state index contributed by atoms with van der Waals surface area (Å²) in [5.74, 6) is 0.708. The number of nitrogens with zero attached hydrogens (tertiary/aromatic N) is 2.